The van der Waals surface area contributed by atoms with Gasteiger partial charge in [-0.15, -0.1) is 0 Å². The molecule has 0 spiro atoms. The van der Waals surface area contributed by atoms with E-state index in [9.17, 15) is 14.4 Å². The van der Waals surface area contributed by atoms with E-state index in [1.807, 2.05) is 18.2 Å². The van der Waals surface area contributed by atoms with Crippen LogP contribution >= 0.6 is 0 Å². The molecule has 0 bridgehead atoms. The normalized spacial score (nSPS) is 11.5. The van der Waals surface area contributed by atoms with Crippen LogP contribution in [0.2, 0.25) is 0 Å². The molecule has 0 aliphatic carbocycles. The van der Waals surface area contributed by atoms with Gasteiger partial charge in [-0.2, -0.15) is 0 Å². The molecule has 120 valence electrons. The van der Waals surface area contributed by atoms with Gasteiger partial charge in [0.2, 0.25) is 0 Å². The van der Waals surface area contributed by atoms with Crippen molar-refractivity contribution in [3.63, 3.8) is 0 Å². The molecule has 0 radical (unpaired) electrons. The van der Waals surface area contributed by atoms with Gasteiger partial charge >= 0.3 is 12.1 Å². The number of Topliss-reactive ketones (excluding diaryl/α,β-unsaturated/α-hetero) is 1. The van der Waals surface area contributed by atoms with Gasteiger partial charge in [-0.3, -0.25) is 4.79 Å². The number of nitrogens with one attached hydrogen (secondary N) is 1. The number of hydrogen-bond acceptors (Lipinski definition) is 4. The van der Waals surface area contributed by atoms with Crippen LogP contribution in [0.4, 0.5) is 4.79 Å². The second kappa shape index (κ2) is 9.55. The van der Waals surface area contributed by atoms with Crippen molar-refractivity contribution in [3.8, 4) is 0 Å². The number of hydrogen-bond donors (Lipinski definition) is 2. The molecule has 22 heavy (non-hydrogen) atoms. The van der Waals surface area contributed by atoms with Crippen LogP contribution in [0, 0.1) is 0 Å². The Morgan fingerprint density at radius 2 is 1.91 bits per heavy atom. The van der Waals surface area contributed by atoms with Gasteiger partial charge in [0.05, 0.1) is 0 Å². The standard InChI is InChI=1S/C16H21NO5/c1-2-13(18)9-6-10-14(15(19)20)17-16(21)22-11-12-7-4-3-5-8-12/h3-5,7-8,14H,2,6,9-11H2,1H3,(H,17,21)(H,19,20)/t14-/m0/s1. The minimum Gasteiger partial charge on any atom is -0.480 e. The van der Waals surface area contributed by atoms with E-state index >= 15 is 0 Å². The molecule has 1 rings (SSSR count). The molecule has 6 nitrogen and oxygen atoms in total. The summed E-state index contributed by atoms with van der Waals surface area (Å²) in [6, 6.07) is 8.05. The Kier molecular flexibility index (Phi) is 7.67. The van der Waals surface area contributed by atoms with Gasteiger partial charge in [0, 0.05) is 12.8 Å². The first kappa shape index (κ1) is 17.7. The molecular formula is C16H21NO5. The SMILES string of the molecule is CCC(=O)CCC[C@H](NC(=O)OCc1ccccc1)C(=O)O. The predicted molar refractivity (Wildman–Crippen MR) is 80.3 cm³/mol. The van der Waals surface area contributed by atoms with Gasteiger partial charge in [0.15, 0.2) is 0 Å². The minimum absolute atomic E-state index is 0.0767. The van der Waals surface area contributed by atoms with E-state index in [4.69, 9.17) is 9.84 Å². The maximum atomic E-state index is 11.6. The van der Waals surface area contributed by atoms with E-state index in [0.717, 1.165) is 5.56 Å². The van der Waals surface area contributed by atoms with Crippen LogP contribution in [-0.2, 0) is 20.9 Å². The number of benzene rings is 1. The highest BCUT2D eigenvalue weighted by Gasteiger charge is 2.20. The molecule has 1 aromatic rings. The zero-order valence-electron chi connectivity index (χ0n) is 12.6. The number of aliphatic carboxylic acids is 1. The highest BCUT2D eigenvalue weighted by Crippen LogP contribution is 2.05. The average molecular weight is 307 g/mol. The fourth-order valence-corrected chi connectivity index (χ4v) is 1.84. The molecule has 0 aliphatic heterocycles. The number of carboxylic acids is 1. The van der Waals surface area contributed by atoms with Crippen molar-refractivity contribution < 1.29 is 24.2 Å². The first-order valence-electron chi connectivity index (χ1n) is 7.24. The molecule has 1 aromatic carbocycles. The van der Waals surface area contributed by atoms with Gasteiger partial charge in [0.1, 0.15) is 18.4 Å². The van der Waals surface area contributed by atoms with E-state index in [1.165, 1.54) is 0 Å². The summed E-state index contributed by atoms with van der Waals surface area (Å²) in [5, 5.41) is 11.4. The Hall–Kier alpha value is -2.37. The number of carbonyl (C=O) groups excluding carboxylic acids is 2. The second-order valence-corrected chi connectivity index (χ2v) is 4.88. The van der Waals surface area contributed by atoms with Crippen LogP contribution < -0.4 is 5.32 Å². The number of ether oxygens (including phenoxy) is 1. The molecule has 1 atom stereocenters. The lowest BCUT2D eigenvalue weighted by atomic mass is 10.1. The zero-order chi connectivity index (χ0) is 16.4. The number of ketones is 1. The number of rotatable bonds is 9. The fraction of sp³-hybridized carbons (Fsp3) is 0.438. The lowest BCUT2D eigenvalue weighted by Crippen LogP contribution is -2.41. The quantitative estimate of drug-likeness (QED) is 0.731. The number of amides is 1. The van der Waals surface area contributed by atoms with Crippen molar-refractivity contribution in [2.24, 2.45) is 0 Å². The number of alkyl carbamates (subject to hydrolysis) is 1. The van der Waals surface area contributed by atoms with Gasteiger partial charge in [-0.1, -0.05) is 37.3 Å². The molecule has 0 aromatic heterocycles. The maximum absolute atomic E-state index is 11.6. The van der Waals surface area contributed by atoms with Crippen LogP contribution in [-0.4, -0.2) is 29.0 Å². The summed E-state index contributed by atoms with van der Waals surface area (Å²) in [7, 11) is 0. The molecule has 0 unspecified atom stereocenters. The molecular weight excluding hydrogens is 286 g/mol. The zero-order valence-corrected chi connectivity index (χ0v) is 12.6. The summed E-state index contributed by atoms with van der Waals surface area (Å²) in [4.78, 5) is 33.9. The van der Waals surface area contributed by atoms with Crippen molar-refractivity contribution in [1.29, 1.82) is 0 Å². The third-order valence-corrected chi connectivity index (χ3v) is 3.15. The Balaban J connectivity index is 2.37. The third-order valence-electron chi connectivity index (χ3n) is 3.15. The van der Waals surface area contributed by atoms with E-state index < -0.39 is 18.1 Å². The Labute approximate surface area is 129 Å². The van der Waals surface area contributed by atoms with Crippen LogP contribution in [0.1, 0.15) is 38.2 Å². The predicted octanol–water partition coefficient (Wildman–Crippen LogP) is 2.52. The molecule has 0 saturated carbocycles. The molecule has 0 aliphatic rings. The first-order valence-corrected chi connectivity index (χ1v) is 7.24. The lowest BCUT2D eigenvalue weighted by Gasteiger charge is -2.14. The topological polar surface area (TPSA) is 92.7 Å². The fourth-order valence-electron chi connectivity index (χ4n) is 1.84. The summed E-state index contributed by atoms with van der Waals surface area (Å²) in [5.41, 5.74) is 0.818. The van der Waals surface area contributed by atoms with Gasteiger partial charge in [-0.05, 0) is 18.4 Å². The van der Waals surface area contributed by atoms with Crippen LogP contribution in [0.15, 0.2) is 30.3 Å². The monoisotopic (exact) mass is 307 g/mol. The van der Waals surface area contributed by atoms with E-state index in [2.05, 4.69) is 5.32 Å². The Morgan fingerprint density at radius 3 is 2.50 bits per heavy atom. The third kappa shape index (κ3) is 6.88. The van der Waals surface area contributed by atoms with Gasteiger partial charge in [-0.25, -0.2) is 9.59 Å². The molecule has 0 saturated heterocycles. The number of carbonyl (C=O) groups is 3. The smallest absolute Gasteiger partial charge is 0.408 e. The Morgan fingerprint density at radius 1 is 1.23 bits per heavy atom. The Bertz CT molecular complexity index is 501. The highest BCUT2D eigenvalue weighted by molar-refractivity contribution is 5.80. The van der Waals surface area contributed by atoms with Crippen LogP contribution in [0.5, 0.6) is 0 Å². The van der Waals surface area contributed by atoms with Gasteiger partial charge < -0.3 is 15.2 Å². The van der Waals surface area contributed by atoms with Crippen molar-refractivity contribution >= 4 is 17.8 Å². The minimum atomic E-state index is -1.14. The van der Waals surface area contributed by atoms with Crippen molar-refractivity contribution in [2.45, 2.75) is 45.3 Å². The summed E-state index contributed by atoms with van der Waals surface area (Å²) in [5.74, 6) is -1.06. The average Bonchev–Trinajstić information content (AvgIpc) is 2.52. The van der Waals surface area contributed by atoms with E-state index in [1.54, 1.807) is 19.1 Å². The first-order chi connectivity index (χ1) is 10.5. The lowest BCUT2D eigenvalue weighted by molar-refractivity contribution is -0.139. The van der Waals surface area contributed by atoms with E-state index in [0.29, 0.717) is 19.3 Å². The van der Waals surface area contributed by atoms with Crippen LogP contribution in [0.25, 0.3) is 0 Å². The highest BCUT2D eigenvalue weighted by atomic mass is 16.5. The van der Waals surface area contributed by atoms with Crippen molar-refractivity contribution in [3.05, 3.63) is 35.9 Å². The molecule has 1 amide bonds. The summed E-state index contributed by atoms with van der Waals surface area (Å²) >= 11 is 0. The summed E-state index contributed by atoms with van der Waals surface area (Å²) < 4.78 is 4.98. The molecule has 2 N–H and O–H groups in total. The largest absolute Gasteiger partial charge is 0.480 e. The molecule has 0 fully saturated rings. The summed E-state index contributed by atoms with van der Waals surface area (Å²) in [6.07, 6.45) is 0.591. The maximum Gasteiger partial charge on any atom is 0.408 e. The molecule has 6 heteroatoms. The molecule has 0 heterocycles. The van der Waals surface area contributed by atoms with E-state index in [-0.39, 0.29) is 18.8 Å². The second-order valence-electron chi connectivity index (χ2n) is 4.88. The summed E-state index contributed by atoms with van der Waals surface area (Å²) in [6.45, 7) is 1.84. The van der Waals surface area contributed by atoms with Gasteiger partial charge in [0.25, 0.3) is 0 Å². The van der Waals surface area contributed by atoms with Crippen molar-refractivity contribution in [2.75, 3.05) is 0 Å². The van der Waals surface area contributed by atoms with Crippen molar-refractivity contribution in [1.82, 2.24) is 5.32 Å². The number of carboxylic acid groups (broad SMARTS) is 1. The van der Waals surface area contributed by atoms with Crippen LogP contribution in [0.3, 0.4) is 0 Å².